The van der Waals surface area contributed by atoms with Gasteiger partial charge >= 0.3 is 0 Å². The van der Waals surface area contributed by atoms with Crippen molar-refractivity contribution in [2.45, 2.75) is 13.5 Å². The summed E-state index contributed by atoms with van der Waals surface area (Å²) in [5, 5.41) is 10.8. The lowest BCUT2D eigenvalue weighted by Gasteiger charge is -2.05. The van der Waals surface area contributed by atoms with Gasteiger partial charge in [0.25, 0.3) is 5.91 Å². The zero-order valence-electron chi connectivity index (χ0n) is 12.8. The smallest absolute Gasteiger partial charge is 0.274 e. The molecule has 0 saturated heterocycles. The van der Waals surface area contributed by atoms with Crippen LogP contribution >= 0.6 is 15.9 Å². The van der Waals surface area contributed by atoms with Crippen molar-refractivity contribution in [3.05, 3.63) is 75.8 Å². The largest absolute Gasteiger partial charge is 0.347 e. The van der Waals surface area contributed by atoms with E-state index in [2.05, 4.69) is 31.6 Å². The topological polar surface area (TPSA) is 59.8 Å². The van der Waals surface area contributed by atoms with E-state index in [1.165, 1.54) is 12.1 Å². The van der Waals surface area contributed by atoms with Crippen molar-refractivity contribution in [3.63, 3.8) is 0 Å². The first-order chi connectivity index (χ1) is 11.5. The first kappa shape index (κ1) is 16.3. The van der Waals surface area contributed by atoms with Gasteiger partial charge in [0.2, 0.25) is 0 Å². The summed E-state index contributed by atoms with van der Waals surface area (Å²) in [6.45, 7) is 2.08. The maximum absolute atomic E-state index is 12.9. The Morgan fingerprint density at radius 1 is 1.17 bits per heavy atom. The summed E-state index contributed by atoms with van der Waals surface area (Å²) in [4.78, 5) is 12.3. The summed E-state index contributed by atoms with van der Waals surface area (Å²) in [5.41, 5.74) is 2.54. The van der Waals surface area contributed by atoms with Gasteiger partial charge in [0.1, 0.15) is 5.82 Å². The minimum atomic E-state index is -0.319. The monoisotopic (exact) mass is 388 g/mol. The molecule has 0 bridgehead atoms. The highest BCUT2D eigenvalue weighted by atomic mass is 79.9. The molecule has 0 spiro atoms. The third-order valence-corrected chi connectivity index (χ3v) is 4.08. The highest BCUT2D eigenvalue weighted by Crippen LogP contribution is 2.16. The molecular formula is C17H14BrFN4O. The Morgan fingerprint density at radius 2 is 1.83 bits per heavy atom. The number of amides is 1. The number of hydrogen-bond donors (Lipinski definition) is 1. The fraction of sp³-hybridized carbons (Fsp3) is 0.118. The Balaban J connectivity index is 1.74. The van der Waals surface area contributed by atoms with Gasteiger partial charge in [-0.25, -0.2) is 9.07 Å². The van der Waals surface area contributed by atoms with Crippen molar-refractivity contribution in [2.75, 3.05) is 0 Å². The molecule has 1 N–H and O–H groups in total. The Hall–Kier alpha value is -2.54. The Kier molecular flexibility index (Phi) is 4.71. The molecule has 0 aliphatic carbocycles. The molecule has 0 unspecified atom stereocenters. The first-order valence-corrected chi connectivity index (χ1v) is 8.05. The van der Waals surface area contributed by atoms with Crippen molar-refractivity contribution < 1.29 is 9.18 Å². The molecule has 0 saturated carbocycles. The number of rotatable bonds is 4. The predicted molar refractivity (Wildman–Crippen MR) is 91.4 cm³/mol. The summed E-state index contributed by atoms with van der Waals surface area (Å²) < 4.78 is 15.5. The van der Waals surface area contributed by atoms with Crippen LogP contribution in [0.5, 0.6) is 0 Å². The molecule has 122 valence electrons. The summed E-state index contributed by atoms with van der Waals surface area (Å²) in [5.74, 6) is -0.626. The minimum absolute atomic E-state index is 0.264. The second-order valence-corrected chi connectivity index (χ2v) is 6.14. The van der Waals surface area contributed by atoms with Crippen LogP contribution in [0.15, 0.2) is 53.0 Å². The number of carbonyl (C=O) groups excluding carboxylic acids is 1. The number of halogens is 2. The molecule has 24 heavy (non-hydrogen) atoms. The Morgan fingerprint density at radius 3 is 2.50 bits per heavy atom. The van der Waals surface area contributed by atoms with Crippen LogP contribution in [0, 0.1) is 12.7 Å². The van der Waals surface area contributed by atoms with E-state index < -0.39 is 0 Å². The molecule has 0 atom stereocenters. The van der Waals surface area contributed by atoms with E-state index in [-0.39, 0.29) is 17.4 Å². The molecule has 2 aromatic carbocycles. The lowest BCUT2D eigenvalue weighted by molar-refractivity contribution is 0.0945. The zero-order chi connectivity index (χ0) is 17.1. The van der Waals surface area contributed by atoms with Crippen molar-refractivity contribution in [3.8, 4) is 5.69 Å². The average Bonchev–Trinajstić information content (AvgIpc) is 2.96. The first-order valence-electron chi connectivity index (χ1n) is 7.25. The molecule has 1 aromatic heterocycles. The lowest BCUT2D eigenvalue weighted by atomic mass is 10.2. The van der Waals surface area contributed by atoms with Gasteiger partial charge in [-0.05, 0) is 48.9 Å². The van der Waals surface area contributed by atoms with Gasteiger partial charge in [-0.1, -0.05) is 33.3 Å². The van der Waals surface area contributed by atoms with E-state index in [4.69, 9.17) is 0 Å². The summed E-state index contributed by atoms with van der Waals surface area (Å²) in [6.07, 6.45) is 0. The number of aromatic nitrogens is 3. The van der Waals surface area contributed by atoms with Crippen molar-refractivity contribution in [1.29, 1.82) is 0 Å². The fourth-order valence-corrected chi connectivity index (χ4v) is 2.50. The predicted octanol–water partition coefficient (Wildman–Crippen LogP) is 3.41. The van der Waals surface area contributed by atoms with Gasteiger partial charge in [0.05, 0.1) is 11.4 Å². The van der Waals surface area contributed by atoms with Crippen molar-refractivity contribution in [1.82, 2.24) is 20.3 Å². The maximum Gasteiger partial charge on any atom is 0.274 e. The second kappa shape index (κ2) is 6.92. The van der Waals surface area contributed by atoms with Crippen LogP contribution in [0.3, 0.4) is 0 Å². The SMILES string of the molecule is Cc1c(C(=O)NCc2ccc(F)cc2)nnn1-c1ccc(Br)cc1. The van der Waals surface area contributed by atoms with Crippen LogP contribution in [0.2, 0.25) is 0 Å². The highest BCUT2D eigenvalue weighted by molar-refractivity contribution is 9.10. The lowest BCUT2D eigenvalue weighted by Crippen LogP contribution is -2.24. The minimum Gasteiger partial charge on any atom is -0.347 e. The van der Waals surface area contributed by atoms with Crippen molar-refractivity contribution >= 4 is 21.8 Å². The standard InChI is InChI=1S/C17H14BrFN4O/c1-11-16(17(24)20-10-12-2-6-14(19)7-3-12)21-22-23(11)15-8-4-13(18)5-9-15/h2-9H,10H2,1H3,(H,20,24). The van der Waals surface area contributed by atoms with Gasteiger partial charge in [0, 0.05) is 11.0 Å². The van der Waals surface area contributed by atoms with E-state index in [0.29, 0.717) is 12.2 Å². The van der Waals surface area contributed by atoms with Gasteiger partial charge in [-0.3, -0.25) is 4.79 Å². The Bertz CT molecular complexity index is 859. The van der Waals surface area contributed by atoms with E-state index in [0.717, 1.165) is 15.7 Å². The number of nitrogens with zero attached hydrogens (tertiary/aromatic N) is 3. The van der Waals surface area contributed by atoms with Crippen LogP contribution in [-0.2, 0) is 6.54 Å². The molecule has 0 fully saturated rings. The quantitative estimate of drug-likeness (QED) is 0.744. The fourth-order valence-electron chi connectivity index (χ4n) is 2.23. The summed E-state index contributed by atoms with van der Waals surface area (Å²) in [7, 11) is 0. The van der Waals surface area contributed by atoms with Gasteiger partial charge in [-0.2, -0.15) is 0 Å². The second-order valence-electron chi connectivity index (χ2n) is 5.22. The van der Waals surface area contributed by atoms with Gasteiger partial charge in [-0.15, -0.1) is 5.10 Å². The highest BCUT2D eigenvalue weighted by Gasteiger charge is 2.17. The van der Waals surface area contributed by atoms with Gasteiger partial charge < -0.3 is 5.32 Å². The van der Waals surface area contributed by atoms with Crippen LogP contribution < -0.4 is 5.32 Å². The molecule has 3 aromatic rings. The third kappa shape index (κ3) is 3.51. The third-order valence-electron chi connectivity index (χ3n) is 3.55. The van der Waals surface area contributed by atoms with Crippen LogP contribution in [-0.4, -0.2) is 20.9 Å². The maximum atomic E-state index is 12.9. The van der Waals surface area contributed by atoms with E-state index in [1.54, 1.807) is 23.7 Å². The normalized spacial score (nSPS) is 10.6. The molecule has 3 rings (SSSR count). The number of benzene rings is 2. The molecule has 0 radical (unpaired) electrons. The van der Waals surface area contributed by atoms with E-state index in [1.807, 2.05) is 24.3 Å². The molecule has 5 nitrogen and oxygen atoms in total. The van der Waals surface area contributed by atoms with Crippen molar-refractivity contribution in [2.24, 2.45) is 0 Å². The molecule has 0 aliphatic rings. The Labute approximate surface area is 146 Å². The summed E-state index contributed by atoms with van der Waals surface area (Å²) in [6, 6.07) is 13.5. The van der Waals surface area contributed by atoms with Crippen LogP contribution in [0.4, 0.5) is 4.39 Å². The van der Waals surface area contributed by atoms with Crippen LogP contribution in [0.1, 0.15) is 21.7 Å². The summed E-state index contributed by atoms with van der Waals surface area (Å²) >= 11 is 3.38. The number of hydrogen-bond acceptors (Lipinski definition) is 3. The molecule has 7 heteroatoms. The molecule has 0 aliphatic heterocycles. The van der Waals surface area contributed by atoms with E-state index >= 15 is 0 Å². The number of carbonyl (C=O) groups is 1. The molecule has 1 heterocycles. The van der Waals surface area contributed by atoms with Crippen LogP contribution in [0.25, 0.3) is 5.69 Å². The van der Waals surface area contributed by atoms with E-state index in [9.17, 15) is 9.18 Å². The zero-order valence-corrected chi connectivity index (χ0v) is 14.4. The van der Waals surface area contributed by atoms with Gasteiger partial charge in [0.15, 0.2) is 5.69 Å². The number of nitrogens with one attached hydrogen (secondary N) is 1. The molecule has 1 amide bonds. The average molecular weight is 389 g/mol. The molecular weight excluding hydrogens is 375 g/mol.